The van der Waals surface area contributed by atoms with Gasteiger partial charge in [-0.1, -0.05) is 78.9 Å². The van der Waals surface area contributed by atoms with Crippen LogP contribution in [0, 0.1) is 0 Å². The Morgan fingerprint density at radius 3 is 2.39 bits per heavy atom. The van der Waals surface area contributed by atoms with Crippen LogP contribution in [0.25, 0.3) is 6.08 Å². The van der Waals surface area contributed by atoms with Crippen molar-refractivity contribution in [3.8, 4) is 0 Å². The number of hydrogen-bond acceptors (Lipinski definition) is 5. The Labute approximate surface area is 192 Å². The van der Waals surface area contributed by atoms with E-state index in [0.29, 0.717) is 22.2 Å². The smallest absolute Gasteiger partial charge is 0.266 e. The van der Waals surface area contributed by atoms with Crippen LogP contribution in [0.4, 0.5) is 5.69 Å². The summed E-state index contributed by atoms with van der Waals surface area (Å²) in [6, 6.07) is 19.1. The van der Waals surface area contributed by atoms with Crippen molar-refractivity contribution < 1.29 is 14.7 Å². The van der Waals surface area contributed by atoms with Crippen LogP contribution in [0.1, 0.15) is 31.2 Å². The fraction of sp³-hybridized carbons (Fsp3) is 0.292. The lowest BCUT2D eigenvalue weighted by molar-refractivity contribution is -0.122. The van der Waals surface area contributed by atoms with Gasteiger partial charge in [0.05, 0.1) is 11.5 Å². The Hall–Kier alpha value is -2.48. The molecule has 1 aliphatic rings. The molecule has 2 aromatic rings. The van der Waals surface area contributed by atoms with Crippen LogP contribution in [-0.4, -0.2) is 45.8 Å². The predicted molar refractivity (Wildman–Crippen MR) is 131 cm³/mol. The number of hydrogen-bond donors (Lipinski definition) is 1. The maximum atomic E-state index is 12.7. The highest BCUT2D eigenvalue weighted by molar-refractivity contribution is 8.26. The van der Waals surface area contributed by atoms with E-state index in [2.05, 4.69) is 0 Å². The number of carbonyl (C=O) groups is 2. The number of nitrogens with zero attached hydrogens (tertiary/aromatic N) is 2. The highest BCUT2D eigenvalue weighted by Crippen LogP contribution is 2.32. The number of para-hydroxylation sites is 1. The van der Waals surface area contributed by atoms with Gasteiger partial charge in [-0.25, -0.2) is 0 Å². The van der Waals surface area contributed by atoms with Gasteiger partial charge in [-0.15, -0.1) is 0 Å². The van der Waals surface area contributed by atoms with Crippen molar-refractivity contribution in [3.63, 3.8) is 0 Å². The number of unbranched alkanes of at least 4 members (excludes halogenated alkanes) is 2. The highest BCUT2D eigenvalue weighted by atomic mass is 32.2. The highest BCUT2D eigenvalue weighted by Gasteiger charge is 2.31. The third kappa shape index (κ3) is 6.50. The molecule has 162 valence electrons. The number of thiocarbonyl (C=S) groups is 1. The summed E-state index contributed by atoms with van der Waals surface area (Å²) in [5, 5.41) is 9.29. The molecule has 0 spiro atoms. The van der Waals surface area contributed by atoms with Crippen molar-refractivity contribution in [2.75, 3.05) is 24.6 Å². The average Bonchev–Trinajstić information content (AvgIpc) is 3.05. The maximum Gasteiger partial charge on any atom is 0.266 e. The van der Waals surface area contributed by atoms with E-state index in [4.69, 9.17) is 12.2 Å². The van der Waals surface area contributed by atoms with E-state index in [1.54, 1.807) is 9.80 Å². The van der Waals surface area contributed by atoms with Gasteiger partial charge in [0.15, 0.2) is 0 Å². The molecule has 0 aliphatic carbocycles. The van der Waals surface area contributed by atoms with E-state index in [9.17, 15) is 14.7 Å². The first-order chi connectivity index (χ1) is 15.1. The van der Waals surface area contributed by atoms with Crippen molar-refractivity contribution in [1.29, 1.82) is 0 Å². The fourth-order valence-corrected chi connectivity index (χ4v) is 4.67. The fourth-order valence-electron chi connectivity index (χ4n) is 3.36. The molecule has 5 nitrogen and oxygen atoms in total. The Morgan fingerprint density at radius 2 is 1.71 bits per heavy atom. The number of thioether (sulfide) groups is 1. The lowest BCUT2D eigenvalue weighted by atomic mass is 10.1. The molecule has 1 heterocycles. The number of rotatable bonds is 10. The Morgan fingerprint density at radius 1 is 1.03 bits per heavy atom. The summed E-state index contributed by atoms with van der Waals surface area (Å²) in [7, 11) is 0. The molecule has 1 aliphatic heterocycles. The number of anilines is 1. The molecule has 2 amide bonds. The van der Waals surface area contributed by atoms with Gasteiger partial charge in [0.1, 0.15) is 4.32 Å². The van der Waals surface area contributed by atoms with Crippen molar-refractivity contribution in [3.05, 3.63) is 71.1 Å². The predicted octanol–water partition coefficient (Wildman–Crippen LogP) is 4.47. The van der Waals surface area contributed by atoms with Crippen LogP contribution in [0.15, 0.2) is 65.6 Å². The lowest BCUT2D eigenvalue weighted by Gasteiger charge is -2.22. The number of aliphatic hydroxyl groups is 1. The minimum atomic E-state index is -0.0777. The summed E-state index contributed by atoms with van der Waals surface area (Å²) < 4.78 is 0.585. The summed E-state index contributed by atoms with van der Waals surface area (Å²) in [6.45, 7) is 0.767. The number of aliphatic hydroxyl groups excluding tert-OH is 1. The average molecular weight is 455 g/mol. The molecule has 0 atom stereocenters. The van der Waals surface area contributed by atoms with Crippen molar-refractivity contribution >= 4 is 51.9 Å². The van der Waals surface area contributed by atoms with Gasteiger partial charge in [-0.3, -0.25) is 14.5 Å². The molecule has 1 saturated heterocycles. The first-order valence-electron chi connectivity index (χ1n) is 10.4. The van der Waals surface area contributed by atoms with E-state index in [-0.39, 0.29) is 25.0 Å². The van der Waals surface area contributed by atoms with Crippen LogP contribution in [0.3, 0.4) is 0 Å². The molecule has 1 fully saturated rings. The van der Waals surface area contributed by atoms with Gasteiger partial charge in [0.2, 0.25) is 5.91 Å². The number of amides is 2. The summed E-state index contributed by atoms with van der Waals surface area (Å²) in [4.78, 5) is 29.2. The van der Waals surface area contributed by atoms with Crippen molar-refractivity contribution in [2.24, 2.45) is 0 Å². The van der Waals surface area contributed by atoms with Gasteiger partial charge in [0.25, 0.3) is 5.91 Å². The first kappa shape index (κ1) is 23.2. The van der Waals surface area contributed by atoms with Crippen LogP contribution in [0.2, 0.25) is 0 Å². The molecule has 3 rings (SSSR count). The van der Waals surface area contributed by atoms with Crippen molar-refractivity contribution in [2.45, 2.75) is 25.7 Å². The molecule has 0 aromatic heterocycles. The first-order valence-corrected chi connectivity index (χ1v) is 11.6. The van der Waals surface area contributed by atoms with Gasteiger partial charge >= 0.3 is 0 Å². The summed E-state index contributed by atoms with van der Waals surface area (Å²) in [6.07, 6.45) is 4.60. The lowest BCUT2D eigenvalue weighted by Crippen LogP contribution is -2.33. The second-order valence-electron chi connectivity index (χ2n) is 7.16. The standard InChI is InChI=1S/C24H26N2O3S2/c27-17-16-25(20-12-6-2-7-13-20)22(28)14-8-3-9-15-26-23(29)21(31-24(26)30)18-19-10-4-1-5-11-19/h1-2,4-7,10-13,18,27H,3,8-9,14-17H2/b21-18-. The van der Waals surface area contributed by atoms with Gasteiger partial charge in [-0.2, -0.15) is 0 Å². The Balaban J connectivity index is 1.45. The quantitative estimate of drug-likeness (QED) is 0.326. The monoisotopic (exact) mass is 454 g/mol. The number of benzene rings is 2. The van der Waals surface area contributed by atoms with E-state index >= 15 is 0 Å². The molecule has 7 heteroatoms. The molecule has 2 aromatic carbocycles. The summed E-state index contributed by atoms with van der Waals surface area (Å²) in [5.41, 5.74) is 1.77. The molecule has 0 unspecified atom stereocenters. The van der Waals surface area contributed by atoms with E-state index in [1.807, 2.05) is 66.7 Å². The summed E-state index contributed by atoms with van der Waals surface area (Å²) >= 11 is 6.73. The van der Waals surface area contributed by atoms with Crippen LogP contribution < -0.4 is 4.90 Å². The topological polar surface area (TPSA) is 60.9 Å². The molecular weight excluding hydrogens is 428 g/mol. The second kappa shape index (κ2) is 11.8. The summed E-state index contributed by atoms with van der Waals surface area (Å²) in [5.74, 6) is -0.0511. The molecule has 1 N–H and O–H groups in total. The van der Waals surface area contributed by atoms with E-state index in [1.165, 1.54) is 11.8 Å². The second-order valence-corrected chi connectivity index (χ2v) is 8.83. The normalized spacial score (nSPS) is 15.0. The molecule has 0 radical (unpaired) electrons. The van der Waals surface area contributed by atoms with Gasteiger partial charge in [-0.05, 0) is 36.6 Å². The van der Waals surface area contributed by atoms with Crippen LogP contribution >= 0.6 is 24.0 Å². The Bertz CT molecular complexity index is 932. The zero-order valence-electron chi connectivity index (χ0n) is 17.3. The molecule has 0 saturated carbocycles. The molecule has 0 bridgehead atoms. The van der Waals surface area contributed by atoms with Gasteiger partial charge in [0, 0.05) is 25.2 Å². The zero-order valence-corrected chi connectivity index (χ0v) is 18.9. The van der Waals surface area contributed by atoms with Crippen LogP contribution in [-0.2, 0) is 9.59 Å². The number of carbonyl (C=O) groups excluding carboxylic acids is 2. The SMILES string of the molecule is O=C1/C(=C/c2ccccc2)SC(=S)N1CCCCCC(=O)N(CCO)c1ccccc1. The third-order valence-electron chi connectivity index (χ3n) is 4.94. The van der Waals surface area contributed by atoms with Gasteiger partial charge < -0.3 is 10.0 Å². The zero-order chi connectivity index (χ0) is 22.1. The van der Waals surface area contributed by atoms with E-state index in [0.717, 1.165) is 30.5 Å². The maximum absolute atomic E-state index is 12.7. The minimum absolute atomic E-state index is 0.00310. The Kier molecular flexibility index (Phi) is 8.82. The molecular formula is C24H26N2O3S2. The largest absolute Gasteiger partial charge is 0.395 e. The minimum Gasteiger partial charge on any atom is -0.395 e. The molecule has 31 heavy (non-hydrogen) atoms. The van der Waals surface area contributed by atoms with Crippen LogP contribution in [0.5, 0.6) is 0 Å². The third-order valence-corrected chi connectivity index (χ3v) is 6.31. The van der Waals surface area contributed by atoms with Crippen molar-refractivity contribution in [1.82, 2.24) is 4.90 Å². The van der Waals surface area contributed by atoms with E-state index < -0.39 is 0 Å².